The second kappa shape index (κ2) is 7.81. The fraction of sp³-hybridized carbons (Fsp3) is 0.400. The van der Waals surface area contributed by atoms with Crippen LogP contribution in [0.5, 0.6) is 5.75 Å². The van der Waals surface area contributed by atoms with E-state index >= 15 is 0 Å². The molecular formula is C15H20ClFN4OS. The number of aromatic nitrogens is 1. The zero-order valence-corrected chi connectivity index (χ0v) is 14.5. The largest absolute Gasteiger partial charge is 0.497 e. The lowest BCUT2D eigenvalue weighted by atomic mass is 10.2. The van der Waals surface area contributed by atoms with E-state index in [9.17, 15) is 4.39 Å². The zero-order chi connectivity index (χ0) is 15.5. The predicted molar refractivity (Wildman–Crippen MR) is 94.2 cm³/mol. The van der Waals surface area contributed by atoms with Gasteiger partial charge in [0.2, 0.25) is 0 Å². The van der Waals surface area contributed by atoms with Crippen LogP contribution in [0.25, 0.3) is 0 Å². The fourth-order valence-electron chi connectivity index (χ4n) is 2.62. The van der Waals surface area contributed by atoms with Crippen molar-refractivity contribution in [3.8, 4) is 5.75 Å². The summed E-state index contributed by atoms with van der Waals surface area (Å²) in [6.45, 7) is 4.20. The summed E-state index contributed by atoms with van der Waals surface area (Å²) < 4.78 is 19.2. The molecule has 0 bridgehead atoms. The van der Waals surface area contributed by atoms with E-state index < -0.39 is 0 Å². The SMILES string of the molecule is COc1ccc(F)c(N2CCN(Cc3cnc(N)s3)CC2)c1.Cl. The molecule has 0 unspecified atom stereocenters. The molecule has 126 valence electrons. The Morgan fingerprint density at radius 2 is 2.04 bits per heavy atom. The fourth-order valence-corrected chi connectivity index (χ4v) is 3.35. The monoisotopic (exact) mass is 358 g/mol. The summed E-state index contributed by atoms with van der Waals surface area (Å²) in [5, 5.41) is 0.604. The molecule has 0 aliphatic carbocycles. The van der Waals surface area contributed by atoms with Gasteiger partial charge in [-0.1, -0.05) is 0 Å². The zero-order valence-electron chi connectivity index (χ0n) is 12.9. The van der Waals surface area contributed by atoms with Gasteiger partial charge in [0.05, 0.1) is 12.8 Å². The second-order valence-corrected chi connectivity index (χ2v) is 6.39. The van der Waals surface area contributed by atoms with Crippen LogP contribution < -0.4 is 15.4 Å². The Hall–Kier alpha value is -1.57. The third kappa shape index (κ3) is 4.25. The highest BCUT2D eigenvalue weighted by molar-refractivity contribution is 7.15. The molecule has 8 heteroatoms. The first kappa shape index (κ1) is 17.8. The van der Waals surface area contributed by atoms with E-state index in [0.29, 0.717) is 16.6 Å². The Balaban J connectivity index is 0.00000192. The Kier molecular flexibility index (Phi) is 6.04. The van der Waals surface area contributed by atoms with Gasteiger partial charge < -0.3 is 15.4 Å². The molecule has 2 N–H and O–H groups in total. The molecule has 0 saturated carbocycles. The van der Waals surface area contributed by atoms with E-state index in [2.05, 4.69) is 14.8 Å². The Bertz CT molecular complexity index is 646. The minimum absolute atomic E-state index is 0. The summed E-state index contributed by atoms with van der Waals surface area (Å²) in [6.07, 6.45) is 1.83. The predicted octanol–water partition coefficient (Wildman–Crippen LogP) is 2.62. The average molecular weight is 359 g/mol. The first-order valence-electron chi connectivity index (χ1n) is 7.17. The van der Waals surface area contributed by atoms with E-state index in [1.165, 1.54) is 22.3 Å². The average Bonchev–Trinajstić information content (AvgIpc) is 2.94. The van der Waals surface area contributed by atoms with Crippen LogP contribution in [-0.2, 0) is 6.54 Å². The van der Waals surface area contributed by atoms with Crippen molar-refractivity contribution >= 4 is 34.6 Å². The summed E-state index contributed by atoms with van der Waals surface area (Å²) >= 11 is 1.52. The molecule has 1 aliphatic rings. The summed E-state index contributed by atoms with van der Waals surface area (Å²) in [6, 6.07) is 4.86. The van der Waals surface area contributed by atoms with Crippen LogP contribution in [0.2, 0.25) is 0 Å². The Morgan fingerprint density at radius 1 is 1.30 bits per heavy atom. The molecule has 2 aromatic rings. The van der Waals surface area contributed by atoms with E-state index in [-0.39, 0.29) is 18.2 Å². The quantitative estimate of drug-likeness (QED) is 0.910. The van der Waals surface area contributed by atoms with Crippen LogP contribution in [-0.4, -0.2) is 43.2 Å². The third-order valence-electron chi connectivity index (χ3n) is 3.82. The molecule has 1 saturated heterocycles. The van der Waals surface area contributed by atoms with Crippen molar-refractivity contribution in [2.75, 3.05) is 43.9 Å². The number of hydrogen-bond donors (Lipinski definition) is 1. The number of rotatable bonds is 4. The standard InChI is InChI=1S/C15H19FN4OS.ClH/c1-21-11-2-3-13(16)14(8-11)20-6-4-19(5-7-20)10-12-9-18-15(17)22-12;/h2-3,8-9H,4-7,10H2,1H3,(H2,17,18);1H. The summed E-state index contributed by atoms with van der Waals surface area (Å²) in [5.41, 5.74) is 6.26. The van der Waals surface area contributed by atoms with Gasteiger partial charge in [0.25, 0.3) is 0 Å². The topological polar surface area (TPSA) is 54.6 Å². The first-order valence-corrected chi connectivity index (χ1v) is 7.98. The summed E-state index contributed by atoms with van der Waals surface area (Å²) in [4.78, 5) is 9.64. The minimum Gasteiger partial charge on any atom is -0.497 e. The van der Waals surface area contributed by atoms with E-state index in [1.54, 1.807) is 19.2 Å². The maximum Gasteiger partial charge on any atom is 0.180 e. The lowest BCUT2D eigenvalue weighted by molar-refractivity contribution is 0.251. The van der Waals surface area contributed by atoms with E-state index in [1.807, 2.05) is 6.20 Å². The molecule has 5 nitrogen and oxygen atoms in total. The number of anilines is 2. The van der Waals surface area contributed by atoms with E-state index in [0.717, 1.165) is 32.7 Å². The van der Waals surface area contributed by atoms with Crippen molar-refractivity contribution in [1.82, 2.24) is 9.88 Å². The normalized spacial score (nSPS) is 15.3. The number of ether oxygens (including phenoxy) is 1. The summed E-state index contributed by atoms with van der Waals surface area (Å²) in [5.74, 6) is 0.475. The molecule has 0 spiro atoms. The Morgan fingerprint density at radius 3 is 2.65 bits per heavy atom. The first-order chi connectivity index (χ1) is 10.7. The molecule has 0 amide bonds. The molecule has 1 fully saturated rings. The molecule has 0 atom stereocenters. The lowest BCUT2D eigenvalue weighted by Crippen LogP contribution is -2.46. The van der Waals surface area contributed by atoms with E-state index in [4.69, 9.17) is 10.5 Å². The molecular weight excluding hydrogens is 339 g/mol. The molecule has 1 aromatic carbocycles. The molecule has 0 radical (unpaired) electrons. The van der Waals surface area contributed by atoms with Gasteiger partial charge in [-0.15, -0.1) is 23.7 Å². The van der Waals surface area contributed by atoms with Gasteiger partial charge in [0.15, 0.2) is 5.13 Å². The number of benzene rings is 1. The van der Waals surface area contributed by atoms with Crippen molar-refractivity contribution in [3.63, 3.8) is 0 Å². The highest BCUT2D eigenvalue weighted by Gasteiger charge is 2.20. The van der Waals surface area contributed by atoms with Gasteiger partial charge in [-0.25, -0.2) is 9.37 Å². The maximum absolute atomic E-state index is 14.0. The van der Waals surface area contributed by atoms with Crippen LogP contribution in [0.3, 0.4) is 0 Å². The maximum atomic E-state index is 14.0. The van der Waals surface area contributed by atoms with Crippen molar-refractivity contribution < 1.29 is 9.13 Å². The van der Waals surface area contributed by atoms with Gasteiger partial charge in [-0.2, -0.15) is 0 Å². The molecule has 1 aliphatic heterocycles. The van der Waals surface area contributed by atoms with Crippen molar-refractivity contribution in [3.05, 3.63) is 35.1 Å². The van der Waals surface area contributed by atoms with Crippen LogP contribution in [0.15, 0.2) is 24.4 Å². The van der Waals surface area contributed by atoms with Crippen molar-refractivity contribution in [2.24, 2.45) is 0 Å². The van der Waals surface area contributed by atoms with Crippen LogP contribution >= 0.6 is 23.7 Å². The number of hydrogen-bond acceptors (Lipinski definition) is 6. The number of thiazole rings is 1. The molecule has 23 heavy (non-hydrogen) atoms. The van der Waals surface area contributed by atoms with Crippen LogP contribution in [0.1, 0.15) is 4.88 Å². The molecule has 2 heterocycles. The van der Waals surface area contributed by atoms with Crippen molar-refractivity contribution in [2.45, 2.75) is 6.54 Å². The smallest absolute Gasteiger partial charge is 0.180 e. The highest BCUT2D eigenvalue weighted by Crippen LogP contribution is 2.26. The second-order valence-electron chi connectivity index (χ2n) is 5.25. The van der Waals surface area contributed by atoms with Crippen LogP contribution in [0, 0.1) is 5.82 Å². The van der Waals surface area contributed by atoms with Gasteiger partial charge in [0, 0.05) is 49.9 Å². The number of nitrogens with zero attached hydrogens (tertiary/aromatic N) is 3. The molecule has 1 aromatic heterocycles. The van der Waals surface area contributed by atoms with Gasteiger partial charge in [0.1, 0.15) is 11.6 Å². The molecule has 3 rings (SSSR count). The van der Waals surface area contributed by atoms with Crippen LogP contribution in [0.4, 0.5) is 15.2 Å². The number of piperazine rings is 1. The number of nitrogen functional groups attached to an aromatic ring is 1. The van der Waals surface area contributed by atoms with Gasteiger partial charge >= 0.3 is 0 Å². The third-order valence-corrected chi connectivity index (χ3v) is 4.63. The minimum atomic E-state index is -0.204. The Labute approximate surface area is 145 Å². The lowest BCUT2D eigenvalue weighted by Gasteiger charge is -2.36. The number of halogens is 2. The van der Waals surface area contributed by atoms with Gasteiger partial charge in [-0.3, -0.25) is 4.90 Å². The highest BCUT2D eigenvalue weighted by atomic mass is 35.5. The van der Waals surface area contributed by atoms with Gasteiger partial charge in [-0.05, 0) is 12.1 Å². The van der Waals surface area contributed by atoms with Crippen molar-refractivity contribution in [1.29, 1.82) is 0 Å². The number of methoxy groups -OCH3 is 1. The summed E-state index contributed by atoms with van der Waals surface area (Å²) in [7, 11) is 1.59. The number of nitrogens with two attached hydrogens (primary N) is 1.